The predicted molar refractivity (Wildman–Crippen MR) is 50.9 cm³/mol. The van der Waals surface area contributed by atoms with Gasteiger partial charge in [0.15, 0.2) is 0 Å². The van der Waals surface area contributed by atoms with E-state index in [-0.39, 0.29) is 16.9 Å². The van der Waals surface area contributed by atoms with Crippen LogP contribution in [0, 0.1) is 5.82 Å². The molecule has 0 aliphatic carbocycles. The highest BCUT2D eigenvalue weighted by atomic mass is 32.2. The summed E-state index contributed by atoms with van der Waals surface area (Å²) in [7, 11) is 0. The van der Waals surface area contributed by atoms with Crippen LogP contribution in [-0.2, 0) is 0 Å². The third-order valence-corrected chi connectivity index (χ3v) is 1.90. The van der Waals surface area contributed by atoms with E-state index in [0.29, 0.717) is 0 Å². The first-order chi connectivity index (χ1) is 5.18. The van der Waals surface area contributed by atoms with Gasteiger partial charge in [0.1, 0.15) is 5.82 Å². The number of nitrogens with one attached hydrogen (secondary N) is 1. The van der Waals surface area contributed by atoms with Crippen LogP contribution in [0.2, 0.25) is 0 Å². The Bertz CT molecular complexity index is 220. The number of rotatable bonds is 2. The number of hydrogen-bond donors (Lipinski definition) is 2. The molecular formula is C8H12FNS. The molecule has 0 spiro atoms. The molecule has 1 aromatic carbocycles. The first-order valence-corrected chi connectivity index (χ1v) is 5.61. The van der Waals surface area contributed by atoms with Crippen LogP contribution in [0.25, 0.3) is 0 Å². The molecule has 62 valence electrons. The monoisotopic (exact) mass is 173 g/mol. The molecule has 0 aliphatic rings. The molecule has 0 atom stereocenters. The molecule has 1 rings (SSSR count). The van der Waals surface area contributed by atoms with Gasteiger partial charge < -0.3 is 4.72 Å². The third-order valence-electron chi connectivity index (χ3n) is 1.20. The van der Waals surface area contributed by atoms with Crippen LogP contribution in [0.3, 0.4) is 0 Å². The van der Waals surface area contributed by atoms with E-state index in [1.807, 2.05) is 0 Å². The van der Waals surface area contributed by atoms with Gasteiger partial charge in [0.2, 0.25) is 0 Å². The lowest BCUT2D eigenvalue weighted by atomic mass is 10.3. The minimum absolute atomic E-state index is 0.159. The van der Waals surface area contributed by atoms with Gasteiger partial charge >= 0.3 is 0 Å². The van der Waals surface area contributed by atoms with Crippen molar-refractivity contribution in [2.24, 2.45) is 0 Å². The number of halogens is 1. The molecular weight excluding hydrogens is 161 g/mol. The van der Waals surface area contributed by atoms with Gasteiger partial charge in [0.05, 0.1) is 0 Å². The summed E-state index contributed by atoms with van der Waals surface area (Å²) in [5, 5.41) is 0. The van der Waals surface area contributed by atoms with Crippen molar-refractivity contribution in [3.05, 3.63) is 30.1 Å². The van der Waals surface area contributed by atoms with Crippen molar-refractivity contribution in [3.63, 3.8) is 0 Å². The Labute approximate surface area is 69.1 Å². The zero-order valence-electron chi connectivity index (χ0n) is 6.63. The van der Waals surface area contributed by atoms with Crippen molar-refractivity contribution in [3.8, 4) is 0 Å². The molecule has 0 saturated heterocycles. The van der Waals surface area contributed by atoms with Crippen molar-refractivity contribution in [1.82, 2.24) is 0 Å². The minimum atomic E-state index is -0.188. The second-order valence-corrected chi connectivity index (χ2v) is 4.53. The smallest absolute Gasteiger partial charge is 0.123 e. The van der Waals surface area contributed by atoms with Crippen LogP contribution in [-0.4, -0.2) is 12.5 Å². The zero-order valence-corrected chi connectivity index (χ0v) is 7.53. The Hall–Kier alpha value is -0.700. The highest BCUT2D eigenvalue weighted by Crippen LogP contribution is 2.18. The lowest BCUT2D eigenvalue weighted by Gasteiger charge is -2.12. The Morgan fingerprint density at radius 3 is 2.18 bits per heavy atom. The SMILES string of the molecule is C[SH](C)Nc1ccc(F)cc1. The summed E-state index contributed by atoms with van der Waals surface area (Å²) < 4.78 is 15.6. The van der Waals surface area contributed by atoms with Crippen LogP contribution in [0.4, 0.5) is 10.1 Å². The van der Waals surface area contributed by atoms with E-state index < -0.39 is 0 Å². The van der Waals surface area contributed by atoms with E-state index in [1.165, 1.54) is 12.1 Å². The fraction of sp³-hybridized carbons (Fsp3) is 0.250. The lowest BCUT2D eigenvalue weighted by molar-refractivity contribution is 0.628. The standard InChI is InChI=1S/C8H12FNS/c1-11(2)10-8-5-3-7(9)4-6-8/h3-6,10-11H,1-2H3. The van der Waals surface area contributed by atoms with Gasteiger partial charge in [0.25, 0.3) is 0 Å². The van der Waals surface area contributed by atoms with E-state index in [0.717, 1.165) is 5.69 Å². The minimum Gasteiger partial charge on any atom is -0.350 e. The largest absolute Gasteiger partial charge is 0.350 e. The Balaban J connectivity index is 2.66. The summed E-state index contributed by atoms with van der Waals surface area (Å²) in [5.41, 5.74) is 0.988. The first-order valence-electron chi connectivity index (χ1n) is 3.38. The van der Waals surface area contributed by atoms with Gasteiger partial charge in [-0.15, -0.1) is 0 Å². The van der Waals surface area contributed by atoms with Crippen LogP contribution in [0.15, 0.2) is 24.3 Å². The Morgan fingerprint density at radius 2 is 1.73 bits per heavy atom. The lowest BCUT2D eigenvalue weighted by Crippen LogP contribution is -1.91. The fourth-order valence-electron chi connectivity index (χ4n) is 0.783. The van der Waals surface area contributed by atoms with Gasteiger partial charge in [-0.05, 0) is 36.8 Å². The number of anilines is 1. The summed E-state index contributed by atoms with van der Waals surface area (Å²) in [6.45, 7) is 0. The fourth-order valence-corrected chi connectivity index (χ4v) is 1.45. The normalized spacial score (nSPS) is 11.0. The second-order valence-electron chi connectivity index (χ2n) is 2.51. The number of hydrogen-bond acceptors (Lipinski definition) is 1. The molecule has 11 heavy (non-hydrogen) atoms. The summed E-state index contributed by atoms with van der Waals surface area (Å²) in [6, 6.07) is 6.41. The van der Waals surface area contributed by atoms with Crippen LogP contribution in [0.1, 0.15) is 0 Å². The topological polar surface area (TPSA) is 12.0 Å². The second kappa shape index (κ2) is 3.62. The van der Waals surface area contributed by atoms with E-state index in [4.69, 9.17) is 0 Å². The van der Waals surface area contributed by atoms with Crippen molar-refractivity contribution in [1.29, 1.82) is 0 Å². The molecule has 1 aromatic rings. The maximum absolute atomic E-state index is 12.4. The number of thiol groups is 1. The van der Waals surface area contributed by atoms with Crippen molar-refractivity contribution in [2.45, 2.75) is 0 Å². The van der Waals surface area contributed by atoms with Crippen LogP contribution in [0.5, 0.6) is 0 Å². The third kappa shape index (κ3) is 2.80. The van der Waals surface area contributed by atoms with Crippen molar-refractivity contribution < 1.29 is 4.39 Å². The zero-order chi connectivity index (χ0) is 8.27. The quantitative estimate of drug-likeness (QED) is 0.654. The maximum Gasteiger partial charge on any atom is 0.123 e. The van der Waals surface area contributed by atoms with Gasteiger partial charge in [0, 0.05) is 5.69 Å². The molecule has 0 saturated carbocycles. The average Bonchev–Trinajstić information content (AvgIpc) is 1.93. The molecule has 0 unspecified atom stereocenters. The van der Waals surface area contributed by atoms with E-state index >= 15 is 0 Å². The van der Waals surface area contributed by atoms with E-state index in [2.05, 4.69) is 17.2 Å². The molecule has 0 aliphatic heterocycles. The molecule has 0 fully saturated rings. The highest BCUT2D eigenvalue weighted by molar-refractivity contribution is 8.16. The van der Waals surface area contributed by atoms with E-state index in [9.17, 15) is 4.39 Å². The summed E-state index contributed by atoms with van der Waals surface area (Å²) in [5.74, 6) is -0.188. The molecule has 0 amide bonds. The highest BCUT2D eigenvalue weighted by Gasteiger charge is 1.91. The molecule has 0 bridgehead atoms. The van der Waals surface area contributed by atoms with Gasteiger partial charge in [-0.2, -0.15) is 11.1 Å². The number of benzene rings is 1. The molecule has 1 N–H and O–H groups in total. The van der Waals surface area contributed by atoms with Crippen LogP contribution < -0.4 is 4.72 Å². The molecule has 0 radical (unpaired) electrons. The Kier molecular flexibility index (Phi) is 2.76. The summed E-state index contributed by atoms with van der Waals surface area (Å²) in [6.07, 6.45) is 4.22. The van der Waals surface area contributed by atoms with Gasteiger partial charge in [-0.3, -0.25) is 0 Å². The summed E-state index contributed by atoms with van der Waals surface area (Å²) in [4.78, 5) is 0. The van der Waals surface area contributed by atoms with Crippen LogP contribution >= 0.6 is 11.1 Å². The molecule has 0 heterocycles. The Morgan fingerprint density at radius 1 is 1.18 bits per heavy atom. The molecule has 3 heteroatoms. The van der Waals surface area contributed by atoms with Gasteiger partial charge in [-0.1, -0.05) is 0 Å². The first kappa shape index (κ1) is 8.40. The molecule has 1 nitrogen and oxygen atoms in total. The predicted octanol–water partition coefficient (Wildman–Crippen LogP) is 2.41. The van der Waals surface area contributed by atoms with Crippen molar-refractivity contribution in [2.75, 3.05) is 17.2 Å². The van der Waals surface area contributed by atoms with Crippen molar-refractivity contribution >= 4 is 16.8 Å². The maximum atomic E-state index is 12.4. The summed E-state index contributed by atoms with van der Waals surface area (Å²) >= 11 is -0.159. The molecule has 0 aromatic heterocycles. The average molecular weight is 173 g/mol. The van der Waals surface area contributed by atoms with E-state index in [1.54, 1.807) is 12.1 Å². The van der Waals surface area contributed by atoms with Gasteiger partial charge in [-0.25, -0.2) is 4.39 Å².